The van der Waals surface area contributed by atoms with E-state index in [1.165, 1.54) is 6.07 Å². The molecule has 20 heavy (non-hydrogen) atoms. The smallest absolute Gasteiger partial charge is 0.175 e. The van der Waals surface area contributed by atoms with Gasteiger partial charge in [-0.25, -0.2) is 8.42 Å². The van der Waals surface area contributed by atoms with Crippen molar-refractivity contribution in [2.24, 2.45) is 0 Å². The molecule has 2 rings (SSSR count). The summed E-state index contributed by atoms with van der Waals surface area (Å²) < 4.78 is 28.7. The van der Waals surface area contributed by atoms with Gasteiger partial charge in [0.2, 0.25) is 0 Å². The second-order valence-corrected chi connectivity index (χ2v) is 7.29. The van der Waals surface area contributed by atoms with Crippen molar-refractivity contribution in [2.75, 3.05) is 24.2 Å². The van der Waals surface area contributed by atoms with Crippen molar-refractivity contribution in [3.63, 3.8) is 0 Å². The van der Waals surface area contributed by atoms with Gasteiger partial charge in [0.1, 0.15) is 0 Å². The van der Waals surface area contributed by atoms with E-state index in [0.29, 0.717) is 24.9 Å². The molecule has 0 spiro atoms. The lowest BCUT2D eigenvalue weighted by atomic mass is 10.1. The molecule has 0 unspecified atom stereocenters. The van der Waals surface area contributed by atoms with Crippen molar-refractivity contribution in [3.05, 3.63) is 23.8 Å². The molecule has 0 amide bonds. The number of benzene rings is 1. The molecule has 0 aliphatic carbocycles. The number of morpholine rings is 1. The summed E-state index contributed by atoms with van der Waals surface area (Å²) in [4.78, 5) is 13.5. The molecule has 1 fully saturated rings. The minimum absolute atomic E-state index is 0.0767. The van der Waals surface area contributed by atoms with Crippen molar-refractivity contribution in [1.29, 1.82) is 0 Å². The molecule has 1 aromatic carbocycles. The highest BCUT2D eigenvalue weighted by molar-refractivity contribution is 7.90. The second kappa shape index (κ2) is 5.54. The lowest BCUT2D eigenvalue weighted by Gasteiger charge is -2.37. The highest BCUT2D eigenvalue weighted by Gasteiger charge is 2.24. The molecular formula is C14H19NO4S. The first-order chi connectivity index (χ1) is 9.31. The van der Waals surface area contributed by atoms with Gasteiger partial charge in [-0.2, -0.15) is 0 Å². The van der Waals surface area contributed by atoms with Gasteiger partial charge in [0, 0.05) is 30.6 Å². The van der Waals surface area contributed by atoms with Crippen LogP contribution in [0.4, 0.5) is 5.69 Å². The maximum absolute atomic E-state index is 11.5. The Bertz CT molecular complexity index is 602. The molecule has 1 heterocycles. The predicted molar refractivity (Wildman–Crippen MR) is 77.2 cm³/mol. The second-order valence-electron chi connectivity index (χ2n) is 5.27. The summed E-state index contributed by atoms with van der Waals surface area (Å²) in [6.07, 6.45) is 1.99. The third kappa shape index (κ3) is 3.19. The van der Waals surface area contributed by atoms with Crippen molar-refractivity contribution in [3.8, 4) is 0 Å². The Morgan fingerprint density at radius 1 is 1.25 bits per heavy atom. The minimum atomic E-state index is -3.31. The van der Waals surface area contributed by atoms with Crippen LogP contribution in [-0.4, -0.2) is 46.3 Å². The number of ether oxygens (including phenoxy) is 1. The Morgan fingerprint density at radius 2 is 1.85 bits per heavy atom. The zero-order valence-electron chi connectivity index (χ0n) is 11.9. The van der Waals surface area contributed by atoms with Crippen LogP contribution in [0.2, 0.25) is 0 Å². The third-order valence-corrected chi connectivity index (χ3v) is 4.42. The number of anilines is 1. The van der Waals surface area contributed by atoms with Crippen LogP contribution < -0.4 is 4.90 Å². The Labute approximate surface area is 119 Å². The Hall–Kier alpha value is -1.40. The SMILES string of the molecule is C[C@@H]1CN(c2ccc(S(C)(=O)=O)cc2C=O)C[C@H](C)O1. The molecule has 0 N–H and O–H groups in total. The van der Waals surface area contributed by atoms with Gasteiger partial charge in [0.05, 0.1) is 17.1 Å². The van der Waals surface area contributed by atoms with Gasteiger partial charge in [-0.15, -0.1) is 0 Å². The van der Waals surface area contributed by atoms with Crippen molar-refractivity contribution < 1.29 is 17.9 Å². The average Bonchev–Trinajstić information content (AvgIpc) is 2.35. The molecule has 5 nitrogen and oxygen atoms in total. The van der Waals surface area contributed by atoms with Crippen molar-refractivity contribution in [2.45, 2.75) is 31.0 Å². The van der Waals surface area contributed by atoms with Gasteiger partial charge in [-0.05, 0) is 32.0 Å². The fourth-order valence-electron chi connectivity index (χ4n) is 2.52. The summed E-state index contributed by atoms with van der Waals surface area (Å²) in [5.41, 5.74) is 1.16. The summed E-state index contributed by atoms with van der Waals surface area (Å²) in [5, 5.41) is 0. The van der Waals surface area contributed by atoms with E-state index in [1.807, 2.05) is 13.8 Å². The van der Waals surface area contributed by atoms with Gasteiger partial charge in [0.15, 0.2) is 16.1 Å². The van der Waals surface area contributed by atoms with E-state index in [0.717, 1.165) is 11.9 Å². The number of sulfone groups is 1. The predicted octanol–water partition coefficient (Wildman–Crippen LogP) is 1.52. The monoisotopic (exact) mass is 297 g/mol. The largest absolute Gasteiger partial charge is 0.372 e. The van der Waals surface area contributed by atoms with Crippen LogP contribution in [0.25, 0.3) is 0 Å². The average molecular weight is 297 g/mol. The number of nitrogens with zero attached hydrogens (tertiary/aromatic N) is 1. The standard InChI is InChI=1S/C14H19NO4S/c1-10-7-15(8-11(2)19-10)14-5-4-13(20(3,17)18)6-12(14)9-16/h4-6,9-11H,7-8H2,1-3H3/t10-,11+. The molecule has 2 atom stereocenters. The molecule has 0 saturated carbocycles. The zero-order valence-corrected chi connectivity index (χ0v) is 12.7. The third-order valence-electron chi connectivity index (χ3n) is 3.31. The fraction of sp³-hybridized carbons (Fsp3) is 0.500. The summed E-state index contributed by atoms with van der Waals surface area (Å²) in [7, 11) is -3.31. The topological polar surface area (TPSA) is 63.7 Å². The first-order valence-electron chi connectivity index (χ1n) is 6.51. The molecule has 1 aliphatic rings. The molecule has 1 aliphatic heterocycles. The number of aldehydes is 1. The van der Waals surface area contributed by atoms with Gasteiger partial charge in [-0.3, -0.25) is 4.79 Å². The van der Waals surface area contributed by atoms with E-state index in [4.69, 9.17) is 4.74 Å². The lowest BCUT2D eigenvalue weighted by Crippen LogP contribution is -2.45. The van der Waals surface area contributed by atoms with Crippen LogP contribution in [0.1, 0.15) is 24.2 Å². The number of rotatable bonds is 3. The van der Waals surface area contributed by atoms with Crippen molar-refractivity contribution in [1.82, 2.24) is 0 Å². The molecule has 0 aromatic heterocycles. The maximum atomic E-state index is 11.5. The summed E-state index contributed by atoms with van der Waals surface area (Å²) >= 11 is 0. The summed E-state index contributed by atoms with van der Waals surface area (Å²) in [5.74, 6) is 0. The van der Waals surface area contributed by atoms with E-state index < -0.39 is 9.84 Å². The van der Waals surface area contributed by atoms with Crippen molar-refractivity contribution >= 4 is 21.8 Å². The molecule has 1 aromatic rings. The van der Waals surface area contributed by atoms with Gasteiger partial charge in [0.25, 0.3) is 0 Å². The van der Waals surface area contributed by atoms with E-state index >= 15 is 0 Å². The molecular weight excluding hydrogens is 278 g/mol. The Kier molecular flexibility index (Phi) is 4.15. The van der Waals surface area contributed by atoms with E-state index in [-0.39, 0.29) is 17.1 Å². The lowest BCUT2D eigenvalue weighted by molar-refractivity contribution is -0.00525. The number of carbonyl (C=O) groups excluding carboxylic acids is 1. The van der Waals surface area contributed by atoms with Crippen LogP contribution in [0, 0.1) is 0 Å². The number of hydrogen-bond donors (Lipinski definition) is 0. The number of hydrogen-bond acceptors (Lipinski definition) is 5. The van der Waals surface area contributed by atoms with Crippen LogP contribution in [-0.2, 0) is 14.6 Å². The van der Waals surface area contributed by atoms with Gasteiger partial charge in [-0.1, -0.05) is 0 Å². The normalized spacial score (nSPS) is 23.6. The van der Waals surface area contributed by atoms with E-state index in [9.17, 15) is 13.2 Å². The Balaban J connectivity index is 2.39. The molecule has 0 radical (unpaired) electrons. The molecule has 6 heteroatoms. The van der Waals surface area contributed by atoms with E-state index in [1.54, 1.807) is 12.1 Å². The van der Waals surface area contributed by atoms with Crippen LogP contribution >= 0.6 is 0 Å². The number of carbonyl (C=O) groups is 1. The minimum Gasteiger partial charge on any atom is -0.372 e. The quantitative estimate of drug-likeness (QED) is 0.791. The molecule has 110 valence electrons. The van der Waals surface area contributed by atoms with Crippen LogP contribution in [0.5, 0.6) is 0 Å². The van der Waals surface area contributed by atoms with E-state index in [2.05, 4.69) is 4.90 Å². The molecule has 0 bridgehead atoms. The fourth-order valence-corrected chi connectivity index (χ4v) is 3.18. The van der Waals surface area contributed by atoms with Crippen LogP contribution in [0.15, 0.2) is 23.1 Å². The summed E-state index contributed by atoms with van der Waals surface area (Å²) in [6.45, 7) is 5.33. The molecule has 1 saturated heterocycles. The zero-order chi connectivity index (χ0) is 14.9. The first-order valence-corrected chi connectivity index (χ1v) is 8.40. The highest BCUT2D eigenvalue weighted by atomic mass is 32.2. The van der Waals surface area contributed by atoms with Crippen LogP contribution in [0.3, 0.4) is 0 Å². The maximum Gasteiger partial charge on any atom is 0.175 e. The Morgan fingerprint density at radius 3 is 2.35 bits per heavy atom. The van der Waals surface area contributed by atoms with Gasteiger partial charge < -0.3 is 9.64 Å². The summed E-state index contributed by atoms with van der Waals surface area (Å²) in [6, 6.07) is 4.68. The first kappa shape index (κ1) is 15.0. The highest BCUT2D eigenvalue weighted by Crippen LogP contribution is 2.26. The van der Waals surface area contributed by atoms with Gasteiger partial charge >= 0.3 is 0 Å².